The lowest BCUT2D eigenvalue weighted by molar-refractivity contribution is 0.875. The second-order valence-corrected chi connectivity index (χ2v) is 5.99. The van der Waals surface area contributed by atoms with Crippen molar-refractivity contribution in [3.05, 3.63) is 12.3 Å². The maximum Gasteiger partial charge on any atom is 0.223 e. The van der Waals surface area contributed by atoms with Crippen molar-refractivity contribution in [1.29, 1.82) is 0 Å². The third-order valence-electron chi connectivity index (χ3n) is 1.50. The fourth-order valence-corrected chi connectivity index (χ4v) is 2.82. The van der Waals surface area contributed by atoms with E-state index in [0.717, 1.165) is 13.1 Å². The monoisotopic (exact) mass is 158 g/mol. The third kappa shape index (κ3) is 3.15. The number of hydrogen-bond acceptors (Lipinski definition) is 2. The third-order valence-corrected chi connectivity index (χ3v) is 4.49. The van der Waals surface area contributed by atoms with Crippen molar-refractivity contribution < 1.29 is 0 Å². The molecule has 2 N–H and O–H groups in total. The molecular weight excluding hydrogens is 140 g/mol. The molecule has 0 aliphatic carbocycles. The zero-order valence-electron chi connectivity index (χ0n) is 7.20. The molecule has 0 rings (SSSR count). The molecule has 0 radical (unpaired) electrons. The molecular formula is C7H18N2Si. The Morgan fingerprint density at radius 2 is 1.70 bits per heavy atom. The zero-order valence-corrected chi connectivity index (χ0v) is 8.20. The van der Waals surface area contributed by atoms with Gasteiger partial charge in [0.2, 0.25) is 8.40 Å². The average Bonchev–Trinajstić information content (AvgIpc) is 1.89. The van der Waals surface area contributed by atoms with E-state index in [1.165, 1.54) is 0 Å². The van der Waals surface area contributed by atoms with Gasteiger partial charge >= 0.3 is 0 Å². The van der Waals surface area contributed by atoms with Gasteiger partial charge in [0, 0.05) is 0 Å². The molecule has 2 nitrogen and oxygen atoms in total. The molecule has 0 aromatic rings. The van der Waals surface area contributed by atoms with E-state index in [1.807, 2.05) is 5.70 Å². The normalized spacial score (nSPS) is 11.5. The Morgan fingerprint density at radius 1 is 1.30 bits per heavy atom. The molecule has 0 atom stereocenters. The predicted molar refractivity (Wildman–Crippen MR) is 49.2 cm³/mol. The van der Waals surface area contributed by atoms with E-state index >= 15 is 0 Å². The van der Waals surface area contributed by atoms with Crippen LogP contribution in [0.5, 0.6) is 0 Å². The zero-order chi connectivity index (χ0) is 8.04. The van der Waals surface area contributed by atoms with Gasteiger partial charge in [-0.3, -0.25) is 0 Å². The smallest absolute Gasteiger partial charge is 0.223 e. The van der Waals surface area contributed by atoms with Gasteiger partial charge in [0.1, 0.15) is 0 Å². The van der Waals surface area contributed by atoms with E-state index < -0.39 is 8.40 Å². The summed E-state index contributed by atoms with van der Waals surface area (Å²) in [5.74, 6) is 0. The quantitative estimate of drug-likeness (QED) is 0.583. The van der Waals surface area contributed by atoms with Gasteiger partial charge in [-0.1, -0.05) is 19.5 Å². The highest BCUT2D eigenvalue weighted by Gasteiger charge is 2.19. The highest BCUT2D eigenvalue weighted by atomic mass is 28.3. The number of rotatable bonds is 5. The molecule has 0 amide bonds. The lowest BCUT2D eigenvalue weighted by atomic mass is 10.8. The maximum atomic E-state index is 3.81. The first kappa shape index (κ1) is 9.88. The van der Waals surface area contributed by atoms with Gasteiger partial charge in [0.25, 0.3) is 0 Å². The lowest BCUT2D eigenvalue weighted by Gasteiger charge is -2.23. The van der Waals surface area contributed by atoms with E-state index in [-0.39, 0.29) is 0 Å². The number of nitrogens with one attached hydrogen (secondary N) is 2. The summed E-state index contributed by atoms with van der Waals surface area (Å²) >= 11 is 0. The van der Waals surface area contributed by atoms with Gasteiger partial charge < -0.3 is 9.96 Å². The first-order valence-electron chi connectivity index (χ1n) is 3.82. The highest BCUT2D eigenvalue weighted by molar-refractivity contribution is 6.78. The van der Waals surface area contributed by atoms with Gasteiger partial charge in [-0.2, -0.15) is 0 Å². The van der Waals surface area contributed by atoms with E-state index in [0.29, 0.717) is 0 Å². The van der Waals surface area contributed by atoms with Crippen LogP contribution in [0.25, 0.3) is 0 Å². The molecule has 0 aromatic heterocycles. The van der Waals surface area contributed by atoms with Crippen molar-refractivity contribution in [2.75, 3.05) is 13.1 Å². The van der Waals surface area contributed by atoms with Crippen molar-refractivity contribution in [2.45, 2.75) is 20.4 Å². The maximum absolute atomic E-state index is 3.81. The average molecular weight is 158 g/mol. The molecule has 0 heterocycles. The van der Waals surface area contributed by atoms with Gasteiger partial charge in [-0.25, -0.2) is 0 Å². The van der Waals surface area contributed by atoms with E-state index in [2.05, 4.69) is 36.9 Å². The van der Waals surface area contributed by atoms with E-state index in [9.17, 15) is 0 Å². The Kier molecular flexibility index (Phi) is 4.60. The molecule has 0 unspecified atom stereocenters. The summed E-state index contributed by atoms with van der Waals surface area (Å²) in [4.78, 5) is 6.84. The lowest BCUT2D eigenvalue weighted by Crippen LogP contribution is -2.58. The molecule has 0 bridgehead atoms. The topological polar surface area (TPSA) is 24.1 Å². The Bertz CT molecular complexity index is 97.8. The molecule has 0 spiro atoms. The molecule has 60 valence electrons. The fourth-order valence-electron chi connectivity index (χ4n) is 0.941. The summed E-state index contributed by atoms with van der Waals surface area (Å²) < 4.78 is 0. The van der Waals surface area contributed by atoms with Crippen LogP contribution in [0.15, 0.2) is 12.3 Å². The van der Waals surface area contributed by atoms with Crippen molar-refractivity contribution in [3.8, 4) is 0 Å². The minimum atomic E-state index is -1.46. The van der Waals surface area contributed by atoms with Crippen LogP contribution in [-0.4, -0.2) is 21.5 Å². The van der Waals surface area contributed by atoms with Crippen molar-refractivity contribution in [2.24, 2.45) is 0 Å². The van der Waals surface area contributed by atoms with Crippen LogP contribution >= 0.6 is 0 Å². The molecule has 10 heavy (non-hydrogen) atoms. The van der Waals surface area contributed by atoms with E-state index in [4.69, 9.17) is 0 Å². The second kappa shape index (κ2) is 4.66. The standard InChI is InChI=1S/C7H18N2Si/c1-5-8-10(4,7-3)9-6-2/h7-9H,3,5-6H2,1-2,4H3. The van der Waals surface area contributed by atoms with Gasteiger partial charge in [-0.05, 0) is 19.6 Å². The second-order valence-electron chi connectivity index (χ2n) is 2.47. The van der Waals surface area contributed by atoms with Crippen LogP contribution in [0.3, 0.4) is 0 Å². The molecule has 3 heteroatoms. The predicted octanol–water partition coefficient (Wildman–Crippen LogP) is 1.00. The molecule has 0 aromatic carbocycles. The van der Waals surface area contributed by atoms with Crippen LogP contribution in [0.1, 0.15) is 13.8 Å². The molecule has 0 fully saturated rings. The Hall–Kier alpha value is -0.123. The SMILES string of the molecule is C=C[Si](C)(NCC)NCC. The van der Waals surface area contributed by atoms with Crippen LogP contribution in [-0.2, 0) is 0 Å². The summed E-state index contributed by atoms with van der Waals surface area (Å²) in [6.45, 7) is 12.3. The molecule has 0 saturated heterocycles. The summed E-state index contributed by atoms with van der Waals surface area (Å²) in [5, 5.41) is 0. The van der Waals surface area contributed by atoms with E-state index in [1.54, 1.807) is 0 Å². The largest absolute Gasteiger partial charge is 0.323 e. The summed E-state index contributed by atoms with van der Waals surface area (Å²) in [7, 11) is -1.46. The minimum absolute atomic E-state index is 1.02. The van der Waals surface area contributed by atoms with Crippen LogP contribution in [0.2, 0.25) is 6.55 Å². The minimum Gasteiger partial charge on any atom is -0.323 e. The first-order valence-corrected chi connectivity index (χ1v) is 6.40. The van der Waals surface area contributed by atoms with Gasteiger partial charge in [0.05, 0.1) is 0 Å². The van der Waals surface area contributed by atoms with Crippen LogP contribution < -0.4 is 9.96 Å². The molecule has 0 aliphatic heterocycles. The summed E-state index contributed by atoms with van der Waals surface area (Å²) in [6.07, 6.45) is 0. The van der Waals surface area contributed by atoms with Crippen LogP contribution in [0.4, 0.5) is 0 Å². The molecule has 0 aliphatic rings. The fraction of sp³-hybridized carbons (Fsp3) is 0.714. The first-order chi connectivity index (χ1) is 4.68. The van der Waals surface area contributed by atoms with Crippen molar-refractivity contribution in [3.63, 3.8) is 0 Å². The number of hydrogen-bond donors (Lipinski definition) is 2. The van der Waals surface area contributed by atoms with Crippen LogP contribution in [0, 0.1) is 0 Å². The summed E-state index contributed by atoms with van der Waals surface area (Å²) in [6, 6.07) is 0. The Labute approximate surface area is 64.9 Å². The van der Waals surface area contributed by atoms with Crippen molar-refractivity contribution >= 4 is 8.40 Å². The Morgan fingerprint density at radius 3 is 1.90 bits per heavy atom. The Balaban J connectivity index is 3.81. The highest BCUT2D eigenvalue weighted by Crippen LogP contribution is 1.91. The van der Waals surface area contributed by atoms with Gasteiger partial charge in [0.15, 0.2) is 0 Å². The van der Waals surface area contributed by atoms with Gasteiger partial charge in [-0.15, -0.1) is 6.58 Å². The van der Waals surface area contributed by atoms with Crippen molar-refractivity contribution in [1.82, 2.24) is 9.96 Å². The summed E-state index contributed by atoms with van der Waals surface area (Å²) in [5.41, 5.74) is 2.03. The molecule has 0 saturated carbocycles.